The fourth-order valence-corrected chi connectivity index (χ4v) is 1.19. The van der Waals surface area contributed by atoms with Crippen molar-refractivity contribution < 1.29 is 4.79 Å². The van der Waals surface area contributed by atoms with Gasteiger partial charge in [0.15, 0.2) is 0 Å². The van der Waals surface area contributed by atoms with Gasteiger partial charge in [-0.2, -0.15) is 0 Å². The van der Waals surface area contributed by atoms with Crippen molar-refractivity contribution in [2.45, 2.75) is 25.9 Å². The van der Waals surface area contributed by atoms with Crippen molar-refractivity contribution in [1.29, 1.82) is 0 Å². The molecule has 0 radical (unpaired) electrons. The first-order valence-electron chi connectivity index (χ1n) is 4.56. The summed E-state index contributed by atoms with van der Waals surface area (Å²) in [5, 5.41) is 3.08. The highest BCUT2D eigenvalue weighted by molar-refractivity contribution is 5.79. The summed E-state index contributed by atoms with van der Waals surface area (Å²) in [5.41, 5.74) is 6.19. The number of carbonyl (C=O) groups is 1. The van der Waals surface area contributed by atoms with Gasteiger partial charge in [0.05, 0.1) is 6.04 Å². The van der Waals surface area contributed by atoms with Crippen LogP contribution in [-0.2, 0) is 4.79 Å². The van der Waals surface area contributed by atoms with Crippen LogP contribution in [-0.4, -0.2) is 16.9 Å². The van der Waals surface area contributed by atoms with Crippen molar-refractivity contribution in [2.24, 2.45) is 5.73 Å². The summed E-state index contributed by atoms with van der Waals surface area (Å²) in [4.78, 5) is 14.8. The molecule has 1 heterocycles. The fourth-order valence-electron chi connectivity index (χ4n) is 1.19. The van der Waals surface area contributed by atoms with Gasteiger partial charge < -0.3 is 5.73 Å². The predicted molar refractivity (Wildman–Crippen MR) is 54.4 cm³/mol. The van der Waals surface area contributed by atoms with Crippen molar-refractivity contribution in [3.8, 4) is 0 Å². The zero-order valence-electron chi connectivity index (χ0n) is 8.40. The molecule has 0 aliphatic heterocycles. The molecule has 0 saturated heterocycles. The Morgan fingerprint density at radius 1 is 1.57 bits per heavy atom. The van der Waals surface area contributed by atoms with E-state index in [0.717, 1.165) is 5.56 Å². The lowest BCUT2D eigenvalue weighted by Gasteiger charge is -2.17. The van der Waals surface area contributed by atoms with Gasteiger partial charge in [-0.1, -0.05) is 6.07 Å². The molecule has 1 aromatic heterocycles. The second kappa shape index (κ2) is 4.72. The van der Waals surface area contributed by atoms with E-state index >= 15 is 0 Å². The second-order valence-electron chi connectivity index (χ2n) is 3.30. The normalized spacial score (nSPS) is 14.7. The molecule has 0 aliphatic rings. The second-order valence-corrected chi connectivity index (χ2v) is 3.30. The number of amides is 1. The van der Waals surface area contributed by atoms with E-state index < -0.39 is 0 Å². The van der Waals surface area contributed by atoms with Crippen LogP contribution in [0.25, 0.3) is 0 Å². The molecule has 3 N–H and O–H groups in total. The number of carbonyl (C=O) groups excluding carboxylic acids is 1. The van der Waals surface area contributed by atoms with Crippen molar-refractivity contribution in [3.05, 3.63) is 30.1 Å². The number of nitrogens with two attached hydrogens (primary N) is 1. The quantitative estimate of drug-likeness (QED) is 0.736. The highest BCUT2D eigenvalue weighted by Crippen LogP contribution is 2.10. The van der Waals surface area contributed by atoms with Gasteiger partial charge in [0.2, 0.25) is 5.91 Å². The minimum atomic E-state index is -0.347. The first kappa shape index (κ1) is 10.7. The molecule has 4 nitrogen and oxygen atoms in total. The maximum absolute atomic E-state index is 10.8. The summed E-state index contributed by atoms with van der Waals surface area (Å²) in [6, 6.07) is 3.57. The molecule has 0 spiro atoms. The van der Waals surface area contributed by atoms with E-state index in [2.05, 4.69) is 10.3 Å². The van der Waals surface area contributed by atoms with Crippen LogP contribution in [0.15, 0.2) is 24.5 Å². The Bertz CT molecular complexity index is 299. The number of nitrogens with zero attached hydrogens (tertiary/aromatic N) is 1. The Balaban J connectivity index is 2.59. The minimum absolute atomic E-state index is 0.0752. The molecule has 4 heteroatoms. The predicted octanol–water partition coefficient (Wildman–Crippen LogP) is 0.606. The molecule has 2 unspecified atom stereocenters. The van der Waals surface area contributed by atoms with Crippen molar-refractivity contribution >= 4 is 5.91 Å². The Kier molecular flexibility index (Phi) is 3.59. The van der Waals surface area contributed by atoms with Gasteiger partial charge in [0.25, 0.3) is 0 Å². The van der Waals surface area contributed by atoms with E-state index in [9.17, 15) is 4.79 Å². The lowest BCUT2D eigenvalue weighted by Crippen LogP contribution is -2.40. The summed E-state index contributed by atoms with van der Waals surface area (Å²) >= 11 is 0. The van der Waals surface area contributed by atoms with Crippen LogP contribution in [0.4, 0.5) is 0 Å². The lowest BCUT2D eigenvalue weighted by atomic mass is 10.1. The maximum atomic E-state index is 10.8. The molecule has 1 aromatic rings. The molecule has 14 heavy (non-hydrogen) atoms. The topological polar surface area (TPSA) is 68.0 Å². The molecule has 0 bridgehead atoms. The van der Waals surface area contributed by atoms with Gasteiger partial charge in [0.1, 0.15) is 0 Å². The Labute approximate surface area is 83.5 Å². The minimum Gasteiger partial charge on any atom is -0.368 e. The van der Waals surface area contributed by atoms with Gasteiger partial charge in [0, 0.05) is 18.4 Å². The average molecular weight is 193 g/mol. The molecular formula is C10H15N3O. The Morgan fingerprint density at radius 3 is 2.79 bits per heavy atom. The maximum Gasteiger partial charge on any atom is 0.234 e. The Morgan fingerprint density at radius 2 is 2.29 bits per heavy atom. The number of rotatable bonds is 4. The van der Waals surface area contributed by atoms with Gasteiger partial charge in [-0.3, -0.25) is 15.1 Å². The number of nitrogens with one attached hydrogen (secondary N) is 1. The number of hydrogen-bond acceptors (Lipinski definition) is 3. The monoisotopic (exact) mass is 193 g/mol. The van der Waals surface area contributed by atoms with E-state index in [1.807, 2.05) is 19.1 Å². The molecular weight excluding hydrogens is 178 g/mol. The number of hydrogen-bond donors (Lipinski definition) is 2. The van der Waals surface area contributed by atoms with Gasteiger partial charge in [-0.25, -0.2) is 0 Å². The van der Waals surface area contributed by atoms with Crippen LogP contribution < -0.4 is 11.1 Å². The van der Waals surface area contributed by atoms with E-state index in [1.54, 1.807) is 19.3 Å². The van der Waals surface area contributed by atoms with E-state index in [4.69, 9.17) is 5.73 Å². The first-order valence-corrected chi connectivity index (χ1v) is 4.56. The Hall–Kier alpha value is -1.42. The van der Waals surface area contributed by atoms with Crippen molar-refractivity contribution in [1.82, 2.24) is 10.3 Å². The van der Waals surface area contributed by atoms with Gasteiger partial charge in [-0.15, -0.1) is 0 Å². The van der Waals surface area contributed by atoms with Crippen LogP contribution in [0.2, 0.25) is 0 Å². The van der Waals surface area contributed by atoms with Crippen LogP contribution >= 0.6 is 0 Å². The standard InChI is InChI=1S/C10H15N3O/c1-7(13-8(2)10(11)14)9-4-3-5-12-6-9/h3-8,13H,1-2H3,(H2,11,14). The van der Waals surface area contributed by atoms with Gasteiger partial charge in [-0.05, 0) is 25.5 Å². The lowest BCUT2D eigenvalue weighted by molar-refractivity contribution is -0.119. The van der Waals surface area contributed by atoms with Crippen LogP contribution in [0.3, 0.4) is 0 Å². The zero-order chi connectivity index (χ0) is 10.6. The number of pyridine rings is 1. The molecule has 1 amide bonds. The third-order valence-corrected chi connectivity index (χ3v) is 2.11. The van der Waals surface area contributed by atoms with Gasteiger partial charge >= 0.3 is 0 Å². The van der Waals surface area contributed by atoms with E-state index in [-0.39, 0.29) is 18.0 Å². The molecule has 0 aliphatic carbocycles. The molecule has 0 fully saturated rings. The van der Waals surface area contributed by atoms with Crippen LogP contribution in [0.1, 0.15) is 25.5 Å². The highest BCUT2D eigenvalue weighted by Gasteiger charge is 2.12. The zero-order valence-corrected chi connectivity index (χ0v) is 8.40. The van der Waals surface area contributed by atoms with E-state index in [0.29, 0.717) is 0 Å². The first-order chi connectivity index (χ1) is 6.61. The molecule has 0 aromatic carbocycles. The van der Waals surface area contributed by atoms with Crippen molar-refractivity contribution in [3.63, 3.8) is 0 Å². The smallest absolute Gasteiger partial charge is 0.234 e. The summed E-state index contributed by atoms with van der Waals surface area (Å²) < 4.78 is 0. The average Bonchev–Trinajstić information content (AvgIpc) is 2.19. The highest BCUT2D eigenvalue weighted by atomic mass is 16.1. The summed E-state index contributed by atoms with van der Waals surface area (Å²) in [6.07, 6.45) is 3.49. The number of primary amides is 1. The molecule has 0 saturated carbocycles. The molecule has 2 atom stereocenters. The molecule has 1 rings (SSSR count). The third-order valence-electron chi connectivity index (χ3n) is 2.11. The van der Waals surface area contributed by atoms with Crippen LogP contribution in [0, 0.1) is 0 Å². The third kappa shape index (κ3) is 2.81. The number of aromatic nitrogens is 1. The van der Waals surface area contributed by atoms with Crippen molar-refractivity contribution in [2.75, 3.05) is 0 Å². The molecule has 76 valence electrons. The summed E-state index contributed by atoms with van der Waals surface area (Å²) in [5.74, 6) is -0.347. The van der Waals surface area contributed by atoms with Crippen LogP contribution in [0.5, 0.6) is 0 Å². The largest absolute Gasteiger partial charge is 0.368 e. The summed E-state index contributed by atoms with van der Waals surface area (Å²) in [7, 11) is 0. The fraction of sp³-hybridized carbons (Fsp3) is 0.400. The SMILES string of the molecule is CC(NC(C)c1cccnc1)C(N)=O. The summed E-state index contributed by atoms with van der Waals surface area (Å²) in [6.45, 7) is 3.71. The van der Waals surface area contributed by atoms with E-state index in [1.165, 1.54) is 0 Å².